The summed E-state index contributed by atoms with van der Waals surface area (Å²) in [5, 5.41) is 18.2. The summed E-state index contributed by atoms with van der Waals surface area (Å²) in [6.07, 6.45) is 0.169. The number of likely N-dealkylation sites (tertiary alicyclic amines) is 1. The van der Waals surface area contributed by atoms with Gasteiger partial charge in [-0.05, 0) is 13.0 Å². The Morgan fingerprint density at radius 2 is 2.13 bits per heavy atom. The highest BCUT2D eigenvalue weighted by molar-refractivity contribution is 5.84. The van der Waals surface area contributed by atoms with Crippen molar-refractivity contribution < 1.29 is 19.8 Å². The van der Waals surface area contributed by atoms with Crippen molar-refractivity contribution in [3.8, 4) is 0 Å². The largest absolute Gasteiger partial charge is 0.480 e. The molecule has 1 rings (SSSR count). The second-order valence-corrected chi connectivity index (χ2v) is 3.68. The van der Waals surface area contributed by atoms with Crippen LogP contribution in [0.1, 0.15) is 19.3 Å². The summed E-state index contributed by atoms with van der Waals surface area (Å²) in [6.45, 7) is 0.514. The molecule has 6 nitrogen and oxygen atoms in total. The van der Waals surface area contributed by atoms with Gasteiger partial charge in [-0.15, -0.1) is 0 Å². The van der Waals surface area contributed by atoms with Gasteiger partial charge in [0.2, 0.25) is 5.91 Å². The normalized spacial score (nSPS) is 25.6. The van der Waals surface area contributed by atoms with E-state index in [2.05, 4.69) is 0 Å². The van der Waals surface area contributed by atoms with E-state index in [0.717, 1.165) is 0 Å². The minimum absolute atomic E-state index is 0.111. The van der Waals surface area contributed by atoms with Gasteiger partial charge in [-0.3, -0.25) is 4.79 Å². The molecule has 1 heterocycles. The molecule has 1 saturated heterocycles. The minimum Gasteiger partial charge on any atom is -0.480 e. The van der Waals surface area contributed by atoms with Crippen LogP contribution < -0.4 is 5.73 Å². The number of carboxylic acids is 1. The van der Waals surface area contributed by atoms with Gasteiger partial charge in [0.1, 0.15) is 6.04 Å². The van der Waals surface area contributed by atoms with Crippen LogP contribution in [-0.4, -0.2) is 52.2 Å². The Labute approximate surface area is 87.7 Å². The Balaban J connectivity index is 2.58. The smallest absolute Gasteiger partial charge is 0.326 e. The molecule has 1 aliphatic rings. The molecule has 0 spiro atoms. The van der Waals surface area contributed by atoms with Gasteiger partial charge in [-0.25, -0.2) is 4.79 Å². The number of amides is 1. The lowest BCUT2D eigenvalue weighted by molar-refractivity contribution is -0.148. The summed E-state index contributed by atoms with van der Waals surface area (Å²) >= 11 is 0. The fraction of sp³-hybridized carbons (Fsp3) is 0.778. The van der Waals surface area contributed by atoms with E-state index >= 15 is 0 Å². The highest BCUT2D eigenvalue weighted by Gasteiger charge is 2.38. The van der Waals surface area contributed by atoms with Gasteiger partial charge in [0.15, 0.2) is 0 Å². The van der Waals surface area contributed by atoms with Crippen molar-refractivity contribution in [1.82, 2.24) is 4.90 Å². The number of hydrogen-bond acceptors (Lipinski definition) is 4. The fourth-order valence-corrected chi connectivity index (χ4v) is 1.72. The molecule has 1 amide bonds. The van der Waals surface area contributed by atoms with E-state index < -0.39 is 18.1 Å². The lowest BCUT2D eigenvalue weighted by Gasteiger charge is -2.20. The van der Waals surface area contributed by atoms with Crippen LogP contribution in [0.4, 0.5) is 0 Å². The number of aliphatic carboxylic acids is 1. The third-order valence-electron chi connectivity index (χ3n) is 2.48. The van der Waals surface area contributed by atoms with Gasteiger partial charge in [0, 0.05) is 19.4 Å². The molecule has 0 aromatic heterocycles. The summed E-state index contributed by atoms with van der Waals surface area (Å²) in [6, 6.07) is -0.884. The Morgan fingerprint density at radius 3 is 2.67 bits per heavy atom. The summed E-state index contributed by atoms with van der Waals surface area (Å²) in [7, 11) is 0. The maximum Gasteiger partial charge on any atom is 0.326 e. The van der Waals surface area contributed by atoms with Gasteiger partial charge >= 0.3 is 5.97 Å². The third-order valence-corrected chi connectivity index (χ3v) is 2.48. The van der Waals surface area contributed by atoms with Crippen LogP contribution in [0.3, 0.4) is 0 Å². The standard InChI is InChI=1S/C9H16N2O4/c10-3-1-2-8(13)11-5-6(12)4-7(11)9(14)15/h6-7,12H,1-5,10H2,(H,14,15). The second kappa shape index (κ2) is 5.09. The average Bonchev–Trinajstić information content (AvgIpc) is 2.57. The van der Waals surface area contributed by atoms with Crippen LogP contribution in [0.2, 0.25) is 0 Å². The zero-order valence-electron chi connectivity index (χ0n) is 8.43. The Morgan fingerprint density at radius 1 is 1.47 bits per heavy atom. The lowest BCUT2D eigenvalue weighted by Crippen LogP contribution is -2.40. The summed E-state index contributed by atoms with van der Waals surface area (Å²) in [4.78, 5) is 23.6. The molecule has 15 heavy (non-hydrogen) atoms. The van der Waals surface area contributed by atoms with Crippen LogP contribution in [-0.2, 0) is 9.59 Å². The summed E-state index contributed by atoms with van der Waals surface area (Å²) < 4.78 is 0. The molecule has 0 aromatic rings. The quantitative estimate of drug-likeness (QED) is 0.546. The zero-order valence-corrected chi connectivity index (χ0v) is 8.43. The van der Waals surface area contributed by atoms with E-state index in [1.807, 2.05) is 0 Å². The van der Waals surface area contributed by atoms with Crippen LogP contribution in [0.5, 0.6) is 0 Å². The van der Waals surface area contributed by atoms with Crippen molar-refractivity contribution in [3.63, 3.8) is 0 Å². The highest BCUT2D eigenvalue weighted by atomic mass is 16.4. The number of nitrogens with two attached hydrogens (primary N) is 1. The summed E-state index contributed by atoms with van der Waals surface area (Å²) in [5.41, 5.74) is 5.26. The third kappa shape index (κ3) is 2.90. The van der Waals surface area contributed by atoms with E-state index in [0.29, 0.717) is 13.0 Å². The molecule has 0 aromatic carbocycles. The molecule has 1 fully saturated rings. The first-order valence-corrected chi connectivity index (χ1v) is 4.96. The second-order valence-electron chi connectivity index (χ2n) is 3.68. The molecular weight excluding hydrogens is 200 g/mol. The maximum absolute atomic E-state index is 11.6. The van der Waals surface area contributed by atoms with Crippen LogP contribution in [0.15, 0.2) is 0 Å². The maximum atomic E-state index is 11.6. The molecule has 0 bridgehead atoms. The molecular formula is C9H16N2O4. The van der Waals surface area contributed by atoms with Gasteiger partial charge < -0.3 is 20.8 Å². The van der Waals surface area contributed by atoms with E-state index in [9.17, 15) is 14.7 Å². The molecule has 2 atom stereocenters. The predicted octanol–water partition coefficient (Wildman–Crippen LogP) is -1.23. The van der Waals surface area contributed by atoms with E-state index in [4.69, 9.17) is 10.8 Å². The van der Waals surface area contributed by atoms with Crippen molar-refractivity contribution in [1.29, 1.82) is 0 Å². The number of aliphatic hydroxyl groups excluding tert-OH is 1. The van der Waals surface area contributed by atoms with Crippen molar-refractivity contribution in [2.45, 2.75) is 31.4 Å². The number of aliphatic hydroxyl groups is 1. The van der Waals surface area contributed by atoms with Gasteiger partial charge in [-0.1, -0.05) is 0 Å². The number of carbonyl (C=O) groups excluding carboxylic acids is 1. The van der Waals surface area contributed by atoms with Gasteiger partial charge in [0.25, 0.3) is 0 Å². The molecule has 86 valence electrons. The van der Waals surface area contributed by atoms with Crippen LogP contribution in [0.25, 0.3) is 0 Å². The van der Waals surface area contributed by atoms with Gasteiger partial charge in [0.05, 0.1) is 6.10 Å². The Kier molecular flexibility index (Phi) is 4.05. The Hall–Kier alpha value is -1.14. The van der Waals surface area contributed by atoms with Crippen LogP contribution >= 0.6 is 0 Å². The number of hydrogen-bond donors (Lipinski definition) is 3. The highest BCUT2D eigenvalue weighted by Crippen LogP contribution is 2.19. The molecule has 1 aliphatic heterocycles. The first-order valence-electron chi connectivity index (χ1n) is 4.96. The molecule has 0 radical (unpaired) electrons. The monoisotopic (exact) mass is 216 g/mol. The fourth-order valence-electron chi connectivity index (χ4n) is 1.72. The predicted molar refractivity (Wildman–Crippen MR) is 52.0 cm³/mol. The van der Waals surface area contributed by atoms with Crippen LogP contribution in [0, 0.1) is 0 Å². The number of carbonyl (C=O) groups is 2. The molecule has 4 N–H and O–H groups in total. The van der Waals surface area contributed by atoms with Crippen molar-refractivity contribution in [2.75, 3.05) is 13.1 Å². The SMILES string of the molecule is NCCCC(=O)N1CC(O)CC1C(=O)O. The van der Waals surface area contributed by atoms with Crippen molar-refractivity contribution in [2.24, 2.45) is 5.73 Å². The van der Waals surface area contributed by atoms with Gasteiger partial charge in [-0.2, -0.15) is 0 Å². The summed E-state index contributed by atoms with van der Waals surface area (Å²) in [5.74, 6) is -1.31. The first kappa shape index (κ1) is 11.9. The number of carboxylic acid groups (broad SMARTS) is 1. The number of nitrogens with zero attached hydrogens (tertiary/aromatic N) is 1. The Bertz CT molecular complexity index is 256. The van der Waals surface area contributed by atoms with E-state index in [-0.39, 0.29) is 25.3 Å². The number of rotatable bonds is 4. The zero-order chi connectivity index (χ0) is 11.4. The topological polar surface area (TPSA) is 104 Å². The molecule has 0 saturated carbocycles. The first-order chi connectivity index (χ1) is 7.06. The lowest BCUT2D eigenvalue weighted by atomic mass is 10.2. The minimum atomic E-state index is -1.06. The number of β-amino-alcohol motifs (C(OH)–C–C–N with tert-alkyl or cyclic N) is 1. The van der Waals surface area contributed by atoms with E-state index in [1.54, 1.807) is 0 Å². The average molecular weight is 216 g/mol. The molecule has 0 aliphatic carbocycles. The molecule has 2 unspecified atom stereocenters. The van der Waals surface area contributed by atoms with E-state index in [1.165, 1.54) is 4.90 Å². The van der Waals surface area contributed by atoms with Crippen molar-refractivity contribution in [3.05, 3.63) is 0 Å². The molecule has 6 heteroatoms. The van der Waals surface area contributed by atoms with Crippen molar-refractivity contribution >= 4 is 11.9 Å².